The van der Waals surface area contributed by atoms with Gasteiger partial charge in [0.15, 0.2) is 15.5 Å². The second-order valence-electron chi connectivity index (χ2n) is 8.31. The van der Waals surface area contributed by atoms with Crippen molar-refractivity contribution in [3.8, 4) is 11.3 Å². The molecule has 170 valence electrons. The number of aryl methyl sites for hydroxylation is 2. The zero-order chi connectivity index (χ0) is 22.9. The molecule has 0 radical (unpaired) electrons. The van der Waals surface area contributed by atoms with Gasteiger partial charge in [-0.1, -0.05) is 29.8 Å². The molecule has 32 heavy (non-hydrogen) atoms. The minimum atomic E-state index is -3.09. The second kappa shape index (κ2) is 8.99. The molecule has 0 saturated carbocycles. The third kappa shape index (κ3) is 4.54. The molecule has 1 amide bonds. The predicted molar refractivity (Wildman–Crippen MR) is 124 cm³/mol. The van der Waals surface area contributed by atoms with Crippen molar-refractivity contribution in [3.63, 3.8) is 0 Å². The summed E-state index contributed by atoms with van der Waals surface area (Å²) in [4.78, 5) is 18.0. The number of rotatable bonds is 7. The molecule has 0 spiro atoms. The van der Waals surface area contributed by atoms with Gasteiger partial charge in [-0.25, -0.2) is 18.1 Å². The maximum Gasteiger partial charge on any atom is 0.252 e. The number of ether oxygens (including phenoxy) is 1. The lowest BCUT2D eigenvalue weighted by molar-refractivity contribution is 0.0950. The molecule has 1 aliphatic rings. The summed E-state index contributed by atoms with van der Waals surface area (Å²) in [6.07, 6.45) is 1.20. The molecular weight excluding hydrogens is 428 g/mol. The quantitative estimate of drug-likeness (QED) is 0.549. The van der Waals surface area contributed by atoms with Gasteiger partial charge in [0.1, 0.15) is 0 Å². The minimum Gasteiger partial charge on any atom is -0.385 e. The van der Waals surface area contributed by atoms with E-state index in [0.29, 0.717) is 54.0 Å². The Morgan fingerprint density at radius 2 is 2.00 bits per heavy atom. The van der Waals surface area contributed by atoms with Crippen LogP contribution >= 0.6 is 0 Å². The van der Waals surface area contributed by atoms with E-state index < -0.39 is 9.84 Å². The lowest BCUT2D eigenvalue weighted by Crippen LogP contribution is -2.25. The molecule has 1 fully saturated rings. The molecule has 3 aromatic rings. The topological polar surface area (TPSA) is 103 Å². The summed E-state index contributed by atoms with van der Waals surface area (Å²) in [6.45, 7) is 4.90. The average molecular weight is 457 g/mol. The van der Waals surface area contributed by atoms with Crippen LogP contribution in [0, 0.1) is 13.8 Å². The fourth-order valence-corrected chi connectivity index (χ4v) is 5.79. The number of amides is 1. The number of benzene rings is 1. The van der Waals surface area contributed by atoms with Crippen molar-refractivity contribution in [2.75, 3.05) is 31.8 Å². The zero-order valence-electron chi connectivity index (χ0n) is 18.6. The molecule has 4 rings (SSSR count). The Morgan fingerprint density at radius 1 is 1.25 bits per heavy atom. The molecule has 1 saturated heterocycles. The zero-order valence-corrected chi connectivity index (χ0v) is 19.4. The van der Waals surface area contributed by atoms with Gasteiger partial charge in [0.05, 0.1) is 39.9 Å². The molecule has 3 heterocycles. The van der Waals surface area contributed by atoms with E-state index in [-0.39, 0.29) is 23.5 Å². The second-order valence-corrected chi connectivity index (χ2v) is 10.5. The van der Waals surface area contributed by atoms with E-state index in [2.05, 4.69) is 10.4 Å². The van der Waals surface area contributed by atoms with Gasteiger partial charge in [-0.15, -0.1) is 0 Å². The highest BCUT2D eigenvalue weighted by Crippen LogP contribution is 2.32. The standard InChI is InChI=1S/C23H28N4O4S/c1-15-5-7-17(8-6-15)20-13-19(23(28)24-10-4-11-31-3)21-16(2)26-27(22(21)25-20)18-9-12-32(29,30)14-18/h5-8,13,18H,4,9-12,14H2,1-3H3,(H,24,28)/t18-/m0/s1. The van der Waals surface area contributed by atoms with Crippen molar-refractivity contribution < 1.29 is 17.9 Å². The summed E-state index contributed by atoms with van der Waals surface area (Å²) >= 11 is 0. The molecule has 2 aromatic heterocycles. The predicted octanol–water partition coefficient (Wildman–Crippen LogP) is 2.84. The molecule has 9 heteroatoms. The van der Waals surface area contributed by atoms with Gasteiger partial charge in [-0.05, 0) is 32.8 Å². The Bertz CT molecular complexity index is 1250. The maximum absolute atomic E-state index is 13.1. The molecule has 1 N–H and O–H groups in total. The molecule has 0 unspecified atom stereocenters. The van der Waals surface area contributed by atoms with E-state index in [1.165, 1.54) is 0 Å². The number of carbonyl (C=O) groups excluding carboxylic acids is 1. The molecule has 1 atom stereocenters. The Balaban J connectivity index is 1.83. The summed E-state index contributed by atoms with van der Waals surface area (Å²) in [7, 11) is -1.47. The SMILES string of the molecule is COCCCNC(=O)c1cc(-c2ccc(C)cc2)nc2c1c(C)nn2[C@H]1CCS(=O)(=O)C1. The number of nitrogens with one attached hydrogen (secondary N) is 1. The normalized spacial score (nSPS) is 17.7. The number of fused-ring (bicyclic) bond motifs is 1. The number of sulfone groups is 1. The van der Waals surface area contributed by atoms with E-state index in [1.807, 2.05) is 38.1 Å². The number of carbonyl (C=O) groups is 1. The van der Waals surface area contributed by atoms with E-state index >= 15 is 0 Å². The lowest BCUT2D eigenvalue weighted by Gasteiger charge is -2.12. The van der Waals surface area contributed by atoms with Crippen molar-refractivity contribution >= 4 is 26.8 Å². The molecule has 0 aliphatic carbocycles. The number of aromatic nitrogens is 3. The Morgan fingerprint density at radius 3 is 2.66 bits per heavy atom. The fraction of sp³-hybridized carbons (Fsp3) is 0.435. The summed E-state index contributed by atoms with van der Waals surface area (Å²) < 4.78 is 30.9. The molecule has 1 aliphatic heterocycles. The Labute approximate surface area is 187 Å². The van der Waals surface area contributed by atoms with E-state index in [0.717, 1.165) is 11.1 Å². The van der Waals surface area contributed by atoms with Crippen LogP contribution in [0.1, 0.15) is 40.5 Å². The van der Waals surface area contributed by atoms with Crippen LogP contribution in [0.3, 0.4) is 0 Å². The molecule has 8 nitrogen and oxygen atoms in total. The monoisotopic (exact) mass is 456 g/mol. The van der Waals surface area contributed by atoms with E-state index in [1.54, 1.807) is 17.9 Å². The third-order valence-electron chi connectivity index (χ3n) is 5.79. The largest absolute Gasteiger partial charge is 0.385 e. The van der Waals surface area contributed by atoms with Crippen molar-refractivity contribution in [1.29, 1.82) is 0 Å². The summed E-state index contributed by atoms with van der Waals surface area (Å²) in [5.41, 5.74) is 4.37. The summed E-state index contributed by atoms with van der Waals surface area (Å²) in [5, 5.41) is 8.24. The smallest absolute Gasteiger partial charge is 0.252 e. The first kappa shape index (κ1) is 22.4. The first-order valence-electron chi connectivity index (χ1n) is 10.7. The van der Waals surface area contributed by atoms with Gasteiger partial charge in [0, 0.05) is 25.8 Å². The van der Waals surface area contributed by atoms with Crippen LogP contribution in [0.2, 0.25) is 0 Å². The van der Waals surface area contributed by atoms with Crippen LogP contribution in [0.25, 0.3) is 22.3 Å². The summed E-state index contributed by atoms with van der Waals surface area (Å²) in [6, 6.07) is 9.45. The molecule has 1 aromatic carbocycles. The first-order chi connectivity index (χ1) is 15.3. The van der Waals surface area contributed by atoms with Gasteiger partial charge in [0.2, 0.25) is 0 Å². The number of pyridine rings is 1. The molecule has 0 bridgehead atoms. The highest BCUT2D eigenvalue weighted by atomic mass is 32.2. The van der Waals surface area contributed by atoms with Gasteiger partial charge in [-0.2, -0.15) is 5.10 Å². The summed E-state index contributed by atoms with van der Waals surface area (Å²) in [5.74, 6) is -0.0237. The van der Waals surface area contributed by atoms with Crippen LogP contribution < -0.4 is 5.32 Å². The third-order valence-corrected chi connectivity index (χ3v) is 7.54. The maximum atomic E-state index is 13.1. The highest BCUT2D eigenvalue weighted by Gasteiger charge is 2.32. The Kier molecular flexibility index (Phi) is 6.30. The number of nitrogens with zero attached hydrogens (tertiary/aromatic N) is 3. The van der Waals surface area contributed by atoms with Crippen LogP contribution in [0.4, 0.5) is 0 Å². The highest BCUT2D eigenvalue weighted by molar-refractivity contribution is 7.91. The number of methoxy groups -OCH3 is 1. The van der Waals surface area contributed by atoms with Crippen molar-refractivity contribution in [2.24, 2.45) is 0 Å². The van der Waals surface area contributed by atoms with Gasteiger partial charge in [-0.3, -0.25) is 4.79 Å². The molecular formula is C23H28N4O4S. The van der Waals surface area contributed by atoms with Crippen LogP contribution in [0.5, 0.6) is 0 Å². The van der Waals surface area contributed by atoms with E-state index in [9.17, 15) is 13.2 Å². The number of hydrogen-bond acceptors (Lipinski definition) is 6. The van der Waals surface area contributed by atoms with Gasteiger partial charge in [0.25, 0.3) is 5.91 Å². The van der Waals surface area contributed by atoms with E-state index in [4.69, 9.17) is 9.72 Å². The fourth-order valence-electron chi connectivity index (χ4n) is 4.10. The van der Waals surface area contributed by atoms with Crippen molar-refractivity contribution in [1.82, 2.24) is 20.1 Å². The lowest BCUT2D eigenvalue weighted by atomic mass is 10.0. The van der Waals surface area contributed by atoms with Gasteiger partial charge < -0.3 is 10.1 Å². The first-order valence-corrected chi connectivity index (χ1v) is 12.6. The van der Waals surface area contributed by atoms with Crippen LogP contribution in [-0.2, 0) is 14.6 Å². The van der Waals surface area contributed by atoms with Crippen LogP contribution in [-0.4, -0.2) is 60.9 Å². The minimum absolute atomic E-state index is 0.0399. The van der Waals surface area contributed by atoms with Gasteiger partial charge >= 0.3 is 0 Å². The Hall–Kier alpha value is -2.78. The van der Waals surface area contributed by atoms with Crippen LogP contribution in [0.15, 0.2) is 30.3 Å². The number of hydrogen-bond donors (Lipinski definition) is 1. The van der Waals surface area contributed by atoms with Crippen molar-refractivity contribution in [2.45, 2.75) is 32.7 Å². The average Bonchev–Trinajstić information content (AvgIpc) is 3.30. The van der Waals surface area contributed by atoms with Crippen molar-refractivity contribution in [3.05, 3.63) is 47.2 Å².